The van der Waals surface area contributed by atoms with Crippen LogP contribution in [0.1, 0.15) is 37.2 Å². The molecule has 1 aromatic heterocycles. The molecule has 1 amide bonds. The fraction of sp³-hybridized carbons (Fsp3) is 0.389. The average Bonchev–Trinajstić information content (AvgIpc) is 3.04. The number of hydrogen-bond acceptors (Lipinski definition) is 4. The number of aryl methyl sites for hydroxylation is 1. The molecule has 0 saturated carbocycles. The van der Waals surface area contributed by atoms with Gasteiger partial charge in [0, 0.05) is 25.4 Å². The minimum atomic E-state index is -3.33. The SMILES string of the molecule is CC(C)NS(=O)(=O)Cc1ccc(CNC(=O)CCc2ccco2)cc1. The van der Waals surface area contributed by atoms with E-state index in [9.17, 15) is 13.2 Å². The van der Waals surface area contributed by atoms with E-state index in [0.29, 0.717) is 24.9 Å². The third-order valence-corrected chi connectivity index (χ3v) is 5.01. The Morgan fingerprint density at radius 1 is 1.12 bits per heavy atom. The van der Waals surface area contributed by atoms with E-state index in [1.165, 1.54) is 0 Å². The van der Waals surface area contributed by atoms with Crippen molar-refractivity contribution in [2.75, 3.05) is 0 Å². The minimum absolute atomic E-state index is 0.0517. The molecule has 25 heavy (non-hydrogen) atoms. The van der Waals surface area contributed by atoms with Gasteiger partial charge in [-0.25, -0.2) is 13.1 Å². The summed E-state index contributed by atoms with van der Waals surface area (Å²) in [6, 6.07) is 10.7. The Balaban J connectivity index is 1.79. The lowest BCUT2D eigenvalue weighted by atomic mass is 10.1. The first-order valence-corrected chi connectivity index (χ1v) is 9.86. The summed E-state index contributed by atoms with van der Waals surface area (Å²) in [5.41, 5.74) is 1.63. The molecule has 0 radical (unpaired) electrons. The van der Waals surface area contributed by atoms with Gasteiger partial charge in [0.15, 0.2) is 0 Å². The van der Waals surface area contributed by atoms with Gasteiger partial charge in [-0.2, -0.15) is 0 Å². The standard InChI is InChI=1S/C18H24N2O4S/c1-14(2)20-25(22,23)13-16-7-5-15(6-8-16)12-19-18(21)10-9-17-4-3-11-24-17/h3-8,11,14,20H,9-10,12-13H2,1-2H3,(H,19,21). The highest BCUT2D eigenvalue weighted by atomic mass is 32.2. The molecule has 2 rings (SSSR count). The Labute approximate surface area is 148 Å². The zero-order valence-corrected chi connectivity index (χ0v) is 15.3. The summed E-state index contributed by atoms with van der Waals surface area (Å²) in [4.78, 5) is 11.8. The maximum Gasteiger partial charge on any atom is 0.220 e. The van der Waals surface area contributed by atoms with Crippen molar-refractivity contribution in [2.24, 2.45) is 0 Å². The van der Waals surface area contributed by atoms with Gasteiger partial charge in [0.05, 0.1) is 12.0 Å². The van der Waals surface area contributed by atoms with Crippen molar-refractivity contribution in [3.05, 3.63) is 59.5 Å². The number of benzene rings is 1. The van der Waals surface area contributed by atoms with Gasteiger partial charge in [-0.15, -0.1) is 0 Å². The van der Waals surface area contributed by atoms with Crippen LogP contribution in [0, 0.1) is 0 Å². The van der Waals surface area contributed by atoms with Gasteiger partial charge in [0.25, 0.3) is 0 Å². The summed E-state index contributed by atoms with van der Waals surface area (Å²) in [6.45, 7) is 3.98. The zero-order valence-electron chi connectivity index (χ0n) is 14.5. The highest BCUT2D eigenvalue weighted by Crippen LogP contribution is 2.09. The molecule has 6 nitrogen and oxygen atoms in total. The van der Waals surface area contributed by atoms with E-state index in [4.69, 9.17) is 4.42 Å². The van der Waals surface area contributed by atoms with Crippen molar-refractivity contribution in [1.82, 2.24) is 10.0 Å². The Morgan fingerprint density at radius 3 is 2.40 bits per heavy atom. The molecule has 0 atom stereocenters. The van der Waals surface area contributed by atoms with E-state index in [1.54, 1.807) is 38.3 Å². The molecule has 0 spiro atoms. The topological polar surface area (TPSA) is 88.4 Å². The van der Waals surface area contributed by atoms with Crippen LogP contribution in [0.5, 0.6) is 0 Å². The minimum Gasteiger partial charge on any atom is -0.469 e. The van der Waals surface area contributed by atoms with Gasteiger partial charge in [0.1, 0.15) is 5.76 Å². The molecule has 0 aliphatic rings. The number of hydrogen-bond donors (Lipinski definition) is 2. The lowest BCUT2D eigenvalue weighted by Crippen LogP contribution is -2.31. The number of furan rings is 1. The number of sulfonamides is 1. The second-order valence-electron chi connectivity index (χ2n) is 6.20. The molecule has 0 unspecified atom stereocenters. The smallest absolute Gasteiger partial charge is 0.220 e. The van der Waals surface area contributed by atoms with Crippen LogP contribution in [-0.4, -0.2) is 20.4 Å². The van der Waals surface area contributed by atoms with Crippen LogP contribution >= 0.6 is 0 Å². The molecule has 0 saturated heterocycles. The molecule has 7 heteroatoms. The molecule has 0 bridgehead atoms. The quantitative estimate of drug-likeness (QED) is 0.715. The summed E-state index contributed by atoms with van der Waals surface area (Å²) < 4.78 is 31.6. The van der Waals surface area contributed by atoms with E-state index in [2.05, 4.69) is 10.0 Å². The summed E-state index contributed by atoms with van der Waals surface area (Å²) in [5.74, 6) is 0.681. The summed E-state index contributed by atoms with van der Waals surface area (Å²) >= 11 is 0. The molecule has 0 fully saturated rings. The van der Waals surface area contributed by atoms with Crippen molar-refractivity contribution in [2.45, 2.75) is 45.0 Å². The van der Waals surface area contributed by atoms with Gasteiger partial charge < -0.3 is 9.73 Å². The van der Waals surface area contributed by atoms with Crippen LogP contribution in [0.25, 0.3) is 0 Å². The molecule has 1 heterocycles. The fourth-order valence-corrected chi connectivity index (χ4v) is 3.79. The van der Waals surface area contributed by atoms with Crippen molar-refractivity contribution in [3.63, 3.8) is 0 Å². The highest BCUT2D eigenvalue weighted by molar-refractivity contribution is 7.88. The van der Waals surface area contributed by atoms with Crippen molar-refractivity contribution in [1.29, 1.82) is 0 Å². The predicted octanol–water partition coefficient (Wildman–Crippen LogP) is 2.36. The number of carbonyl (C=O) groups is 1. The van der Waals surface area contributed by atoms with E-state index in [1.807, 2.05) is 18.2 Å². The number of amides is 1. The van der Waals surface area contributed by atoms with Crippen molar-refractivity contribution >= 4 is 15.9 Å². The third-order valence-electron chi connectivity index (χ3n) is 3.46. The lowest BCUT2D eigenvalue weighted by Gasteiger charge is -2.10. The Kier molecular flexibility index (Phi) is 6.78. The Bertz CT molecular complexity index is 766. The summed E-state index contributed by atoms with van der Waals surface area (Å²) in [5, 5.41) is 2.84. The van der Waals surface area contributed by atoms with E-state index in [0.717, 1.165) is 11.3 Å². The molecular weight excluding hydrogens is 340 g/mol. The summed E-state index contributed by atoms with van der Waals surface area (Å²) in [7, 11) is -3.33. The van der Waals surface area contributed by atoms with Gasteiger partial charge in [0.2, 0.25) is 15.9 Å². The highest BCUT2D eigenvalue weighted by Gasteiger charge is 2.12. The van der Waals surface area contributed by atoms with E-state index < -0.39 is 10.0 Å². The van der Waals surface area contributed by atoms with Crippen LogP contribution in [-0.2, 0) is 33.5 Å². The van der Waals surface area contributed by atoms with E-state index in [-0.39, 0.29) is 17.7 Å². The van der Waals surface area contributed by atoms with Crippen LogP contribution < -0.4 is 10.0 Å². The normalized spacial score (nSPS) is 11.6. The third kappa shape index (κ3) is 7.11. The monoisotopic (exact) mass is 364 g/mol. The van der Waals surface area contributed by atoms with Crippen molar-refractivity contribution < 1.29 is 17.6 Å². The largest absolute Gasteiger partial charge is 0.469 e. The molecule has 0 aliphatic heterocycles. The first kappa shape index (κ1) is 19.2. The zero-order chi connectivity index (χ0) is 18.3. The number of nitrogens with one attached hydrogen (secondary N) is 2. The molecule has 2 aromatic rings. The van der Waals surface area contributed by atoms with Gasteiger partial charge in [-0.05, 0) is 37.1 Å². The maximum atomic E-state index is 11.9. The average molecular weight is 364 g/mol. The first-order chi connectivity index (χ1) is 11.8. The Hall–Kier alpha value is -2.12. The second kappa shape index (κ2) is 8.82. The molecule has 2 N–H and O–H groups in total. The Morgan fingerprint density at radius 2 is 1.80 bits per heavy atom. The lowest BCUT2D eigenvalue weighted by molar-refractivity contribution is -0.121. The van der Waals surface area contributed by atoms with Crippen LogP contribution in [0.15, 0.2) is 47.1 Å². The van der Waals surface area contributed by atoms with Gasteiger partial charge in [-0.1, -0.05) is 24.3 Å². The maximum absolute atomic E-state index is 11.9. The molecule has 1 aromatic carbocycles. The van der Waals surface area contributed by atoms with Crippen LogP contribution in [0.3, 0.4) is 0 Å². The number of carbonyl (C=O) groups excluding carboxylic acids is 1. The van der Waals surface area contributed by atoms with Gasteiger partial charge >= 0.3 is 0 Å². The van der Waals surface area contributed by atoms with Gasteiger partial charge in [-0.3, -0.25) is 4.79 Å². The van der Waals surface area contributed by atoms with Crippen LogP contribution in [0.2, 0.25) is 0 Å². The predicted molar refractivity (Wildman–Crippen MR) is 96.2 cm³/mol. The molecular formula is C18H24N2O4S. The van der Waals surface area contributed by atoms with Crippen LogP contribution in [0.4, 0.5) is 0 Å². The van der Waals surface area contributed by atoms with Crippen molar-refractivity contribution in [3.8, 4) is 0 Å². The molecule has 0 aliphatic carbocycles. The fourth-order valence-electron chi connectivity index (χ4n) is 2.35. The molecule has 136 valence electrons. The van der Waals surface area contributed by atoms with E-state index >= 15 is 0 Å². The first-order valence-electron chi connectivity index (χ1n) is 8.21. The second-order valence-corrected chi connectivity index (χ2v) is 7.96. The summed E-state index contributed by atoms with van der Waals surface area (Å²) in [6.07, 6.45) is 2.52. The number of rotatable bonds is 9.